The maximum atomic E-state index is 12.4. The Hall–Kier alpha value is -2.60. The molecule has 3 aromatic rings. The van der Waals surface area contributed by atoms with Gasteiger partial charge in [0.1, 0.15) is 5.82 Å². The topological polar surface area (TPSA) is 59.0 Å². The largest absolute Gasteiger partial charge is 0.324 e. The summed E-state index contributed by atoms with van der Waals surface area (Å²) in [6.45, 7) is 0. The summed E-state index contributed by atoms with van der Waals surface area (Å²) >= 11 is 3.39. The zero-order valence-corrected chi connectivity index (χ0v) is 15.7. The van der Waals surface area contributed by atoms with Crippen LogP contribution in [-0.2, 0) is 6.42 Å². The number of nitrogens with zero attached hydrogens (tertiary/aromatic N) is 2. The minimum atomic E-state index is -0.289. The third-order valence-electron chi connectivity index (χ3n) is 4.30. The molecule has 0 saturated heterocycles. The van der Waals surface area contributed by atoms with Crippen LogP contribution in [0.4, 0.5) is 16.3 Å². The summed E-state index contributed by atoms with van der Waals surface area (Å²) in [7, 11) is 0. The Kier molecular flexibility index (Phi) is 4.75. The standard InChI is InChI=1S/C20H19BrN4O/c21-15-8-10-16(11-9-15)22-20(26)23-19-13-17(12-14-6-7-14)24-25(19)18-4-2-1-3-5-18/h1-5,8-11,13-14H,6-7,12H2,(H2,22,23,26). The zero-order chi connectivity index (χ0) is 17.9. The van der Waals surface area contributed by atoms with Gasteiger partial charge in [-0.05, 0) is 61.6 Å². The Morgan fingerprint density at radius 1 is 1.08 bits per heavy atom. The number of para-hydroxylation sites is 1. The van der Waals surface area contributed by atoms with Crippen molar-refractivity contribution >= 4 is 33.5 Å². The third kappa shape index (κ3) is 4.14. The van der Waals surface area contributed by atoms with Crippen molar-refractivity contribution in [3.05, 3.63) is 70.8 Å². The van der Waals surface area contributed by atoms with Crippen LogP contribution in [0.15, 0.2) is 65.1 Å². The number of carbonyl (C=O) groups is 1. The molecule has 0 radical (unpaired) electrons. The summed E-state index contributed by atoms with van der Waals surface area (Å²) in [4.78, 5) is 12.4. The number of carbonyl (C=O) groups excluding carboxylic acids is 1. The molecule has 1 saturated carbocycles. The van der Waals surface area contributed by atoms with E-state index in [4.69, 9.17) is 5.10 Å². The highest BCUT2D eigenvalue weighted by atomic mass is 79.9. The minimum Gasteiger partial charge on any atom is -0.308 e. The van der Waals surface area contributed by atoms with E-state index in [0.29, 0.717) is 5.82 Å². The van der Waals surface area contributed by atoms with Gasteiger partial charge >= 0.3 is 6.03 Å². The van der Waals surface area contributed by atoms with Gasteiger partial charge in [0.05, 0.1) is 11.4 Å². The average Bonchev–Trinajstić information content (AvgIpc) is 3.37. The van der Waals surface area contributed by atoms with Crippen LogP contribution in [0.2, 0.25) is 0 Å². The number of hydrogen-bond acceptors (Lipinski definition) is 2. The summed E-state index contributed by atoms with van der Waals surface area (Å²) in [5.41, 5.74) is 2.67. The van der Waals surface area contributed by atoms with Crippen LogP contribution in [0.3, 0.4) is 0 Å². The number of amides is 2. The quantitative estimate of drug-likeness (QED) is 0.604. The Bertz CT molecular complexity index is 901. The van der Waals surface area contributed by atoms with E-state index in [1.165, 1.54) is 12.8 Å². The predicted octanol–water partition coefficient (Wildman–Crippen LogP) is 5.23. The SMILES string of the molecule is O=C(Nc1ccc(Br)cc1)Nc1cc(CC2CC2)nn1-c1ccccc1. The fraction of sp³-hybridized carbons (Fsp3) is 0.200. The van der Waals surface area contributed by atoms with Crippen molar-refractivity contribution in [1.82, 2.24) is 9.78 Å². The molecule has 2 N–H and O–H groups in total. The van der Waals surface area contributed by atoms with Crippen LogP contribution in [0.5, 0.6) is 0 Å². The summed E-state index contributed by atoms with van der Waals surface area (Å²) in [6.07, 6.45) is 3.50. The van der Waals surface area contributed by atoms with E-state index >= 15 is 0 Å². The number of benzene rings is 2. The minimum absolute atomic E-state index is 0.289. The van der Waals surface area contributed by atoms with E-state index in [-0.39, 0.29) is 6.03 Å². The first-order valence-corrected chi connectivity index (χ1v) is 9.44. The van der Waals surface area contributed by atoms with Crippen molar-refractivity contribution in [3.63, 3.8) is 0 Å². The second-order valence-corrected chi connectivity index (χ2v) is 7.42. The lowest BCUT2D eigenvalue weighted by atomic mass is 10.2. The molecule has 0 atom stereocenters. The van der Waals surface area contributed by atoms with Crippen molar-refractivity contribution in [2.24, 2.45) is 5.92 Å². The first-order valence-electron chi connectivity index (χ1n) is 8.65. The van der Waals surface area contributed by atoms with Gasteiger partial charge in [-0.15, -0.1) is 0 Å². The monoisotopic (exact) mass is 410 g/mol. The fourth-order valence-electron chi connectivity index (χ4n) is 2.81. The molecule has 0 bridgehead atoms. The lowest BCUT2D eigenvalue weighted by molar-refractivity contribution is 0.262. The molecule has 5 nitrogen and oxygen atoms in total. The van der Waals surface area contributed by atoms with Crippen molar-refractivity contribution < 1.29 is 4.79 Å². The first kappa shape index (κ1) is 16.8. The second kappa shape index (κ2) is 7.33. The normalized spacial score (nSPS) is 13.4. The van der Waals surface area contributed by atoms with Gasteiger partial charge in [-0.1, -0.05) is 34.1 Å². The van der Waals surface area contributed by atoms with Crippen molar-refractivity contribution in [1.29, 1.82) is 0 Å². The fourth-order valence-corrected chi connectivity index (χ4v) is 3.08. The van der Waals surface area contributed by atoms with Gasteiger partial charge in [-0.25, -0.2) is 9.48 Å². The number of urea groups is 1. The van der Waals surface area contributed by atoms with Crippen molar-refractivity contribution in [2.45, 2.75) is 19.3 Å². The molecule has 1 heterocycles. The summed E-state index contributed by atoms with van der Waals surface area (Å²) < 4.78 is 2.76. The molecule has 1 aromatic heterocycles. The summed E-state index contributed by atoms with van der Waals surface area (Å²) in [5, 5.41) is 10.5. The predicted molar refractivity (Wildman–Crippen MR) is 107 cm³/mol. The molecule has 132 valence electrons. The average molecular weight is 411 g/mol. The van der Waals surface area contributed by atoms with Crippen LogP contribution in [0.1, 0.15) is 18.5 Å². The van der Waals surface area contributed by atoms with Gasteiger partial charge < -0.3 is 5.32 Å². The highest BCUT2D eigenvalue weighted by Gasteiger charge is 2.24. The molecular weight excluding hydrogens is 392 g/mol. The van der Waals surface area contributed by atoms with Gasteiger partial charge in [-0.2, -0.15) is 5.10 Å². The van der Waals surface area contributed by atoms with Crippen LogP contribution >= 0.6 is 15.9 Å². The molecule has 0 aliphatic heterocycles. The maximum absolute atomic E-state index is 12.4. The van der Waals surface area contributed by atoms with E-state index in [0.717, 1.165) is 33.9 Å². The van der Waals surface area contributed by atoms with Crippen LogP contribution in [0, 0.1) is 5.92 Å². The second-order valence-electron chi connectivity index (χ2n) is 6.50. The molecule has 1 fully saturated rings. The van der Waals surface area contributed by atoms with Crippen molar-refractivity contribution in [3.8, 4) is 5.69 Å². The molecule has 2 amide bonds. The van der Waals surface area contributed by atoms with Gasteiger partial charge in [0, 0.05) is 16.2 Å². The lowest BCUT2D eigenvalue weighted by Crippen LogP contribution is -2.21. The maximum Gasteiger partial charge on any atom is 0.324 e. The number of anilines is 2. The van der Waals surface area contributed by atoms with E-state index in [9.17, 15) is 4.79 Å². The van der Waals surface area contributed by atoms with Crippen molar-refractivity contribution in [2.75, 3.05) is 10.6 Å². The van der Waals surface area contributed by atoms with Crippen LogP contribution in [0.25, 0.3) is 5.69 Å². The lowest BCUT2D eigenvalue weighted by Gasteiger charge is -2.10. The molecule has 1 aliphatic rings. The van der Waals surface area contributed by atoms with Gasteiger partial charge in [-0.3, -0.25) is 5.32 Å². The number of aromatic nitrogens is 2. The van der Waals surface area contributed by atoms with E-state index in [2.05, 4.69) is 26.6 Å². The van der Waals surface area contributed by atoms with Gasteiger partial charge in [0.25, 0.3) is 0 Å². The third-order valence-corrected chi connectivity index (χ3v) is 4.83. The van der Waals surface area contributed by atoms with Gasteiger partial charge in [0.15, 0.2) is 0 Å². The Morgan fingerprint density at radius 2 is 1.81 bits per heavy atom. The highest BCUT2D eigenvalue weighted by Crippen LogP contribution is 2.33. The van der Waals surface area contributed by atoms with E-state index < -0.39 is 0 Å². The molecule has 6 heteroatoms. The summed E-state index contributed by atoms with van der Waals surface area (Å²) in [6, 6.07) is 19.0. The van der Waals surface area contributed by atoms with Crippen LogP contribution < -0.4 is 10.6 Å². The molecule has 26 heavy (non-hydrogen) atoms. The van der Waals surface area contributed by atoms with E-state index in [1.54, 1.807) is 4.68 Å². The number of halogens is 1. The Balaban J connectivity index is 1.54. The van der Waals surface area contributed by atoms with Crippen LogP contribution in [-0.4, -0.2) is 15.8 Å². The molecule has 4 rings (SSSR count). The first-order chi connectivity index (χ1) is 12.7. The molecule has 0 unspecified atom stereocenters. The Labute approximate surface area is 160 Å². The zero-order valence-electron chi connectivity index (χ0n) is 14.2. The molecule has 1 aliphatic carbocycles. The molecule has 0 spiro atoms. The molecule has 2 aromatic carbocycles. The Morgan fingerprint density at radius 3 is 2.50 bits per heavy atom. The molecular formula is C20H19BrN4O. The number of rotatable bonds is 5. The summed E-state index contributed by atoms with van der Waals surface area (Å²) in [5.74, 6) is 1.40. The number of nitrogens with one attached hydrogen (secondary N) is 2. The number of hydrogen-bond donors (Lipinski definition) is 2. The highest BCUT2D eigenvalue weighted by molar-refractivity contribution is 9.10. The smallest absolute Gasteiger partial charge is 0.308 e. The van der Waals surface area contributed by atoms with E-state index in [1.807, 2.05) is 60.7 Å². The van der Waals surface area contributed by atoms with Gasteiger partial charge in [0.2, 0.25) is 0 Å².